The van der Waals surface area contributed by atoms with Crippen LogP contribution in [0.4, 0.5) is 0 Å². The molecule has 1 fully saturated rings. The standard InChI is InChI=1S/C10H12N4OS2/c1-6-12-4-8(17-6)9-13-10(15-14-9)7-5-16-3-2-11-7/h4,7,11H,2-3,5H2,1H3. The third kappa shape index (κ3) is 2.36. The fraction of sp³-hybridized carbons (Fsp3) is 0.500. The predicted octanol–water partition coefficient (Wildman–Crippen LogP) is 1.88. The lowest BCUT2D eigenvalue weighted by molar-refractivity contribution is 0.342. The van der Waals surface area contributed by atoms with Gasteiger partial charge in [0, 0.05) is 24.2 Å². The number of rotatable bonds is 2. The Morgan fingerprint density at radius 2 is 2.47 bits per heavy atom. The van der Waals surface area contributed by atoms with E-state index in [4.69, 9.17) is 4.52 Å². The number of thioether (sulfide) groups is 1. The van der Waals surface area contributed by atoms with Crippen LogP contribution in [0.1, 0.15) is 16.9 Å². The van der Waals surface area contributed by atoms with Crippen molar-refractivity contribution in [3.8, 4) is 10.7 Å². The van der Waals surface area contributed by atoms with E-state index in [0.717, 1.165) is 27.9 Å². The summed E-state index contributed by atoms with van der Waals surface area (Å²) < 4.78 is 5.31. The van der Waals surface area contributed by atoms with Gasteiger partial charge in [-0.05, 0) is 6.92 Å². The number of thiazole rings is 1. The number of hydrogen-bond acceptors (Lipinski definition) is 7. The highest BCUT2D eigenvalue weighted by Gasteiger charge is 2.22. The first-order valence-electron chi connectivity index (χ1n) is 5.40. The molecule has 0 spiro atoms. The molecule has 2 aromatic rings. The number of nitrogens with one attached hydrogen (secondary N) is 1. The lowest BCUT2D eigenvalue weighted by Gasteiger charge is -2.19. The summed E-state index contributed by atoms with van der Waals surface area (Å²) >= 11 is 3.49. The van der Waals surface area contributed by atoms with Crippen LogP contribution in [-0.4, -0.2) is 33.2 Å². The first kappa shape index (κ1) is 11.2. The van der Waals surface area contributed by atoms with Crippen LogP contribution < -0.4 is 5.32 Å². The van der Waals surface area contributed by atoms with Gasteiger partial charge in [0.1, 0.15) is 0 Å². The maximum atomic E-state index is 5.31. The molecular weight excluding hydrogens is 256 g/mol. The minimum atomic E-state index is 0.184. The molecule has 0 aromatic carbocycles. The van der Waals surface area contributed by atoms with Crippen molar-refractivity contribution in [2.24, 2.45) is 0 Å². The second-order valence-electron chi connectivity index (χ2n) is 3.78. The number of aryl methyl sites for hydroxylation is 1. The first-order valence-corrected chi connectivity index (χ1v) is 7.37. The molecule has 7 heteroatoms. The first-order chi connectivity index (χ1) is 8.33. The Hall–Kier alpha value is -0.920. The van der Waals surface area contributed by atoms with Gasteiger partial charge < -0.3 is 9.84 Å². The molecule has 0 radical (unpaired) electrons. The maximum absolute atomic E-state index is 5.31. The normalized spacial score (nSPS) is 20.6. The van der Waals surface area contributed by atoms with Gasteiger partial charge in [-0.25, -0.2) is 4.98 Å². The highest BCUT2D eigenvalue weighted by molar-refractivity contribution is 7.99. The van der Waals surface area contributed by atoms with E-state index in [-0.39, 0.29) is 6.04 Å². The van der Waals surface area contributed by atoms with Gasteiger partial charge >= 0.3 is 0 Å². The zero-order valence-electron chi connectivity index (χ0n) is 9.34. The van der Waals surface area contributed by atoms with Crippen LogP contribution in [0.3, 0.4) is 0 Å². The smallest absolute Gasteiger partial charge is 0.244 e. The summed E-state index contributed by atoms with van der Waals surface area (Å²) in [6, 6.07) is 0.184. The van der Waals surface area contributed by atoms with Gasteiger partial charge in [-0.2, -0.15) is 16.7 Å². The van der Waals surface area contributed by atoms with Crippen molar-refractivity contribution in [1.29, 1.82) is 0 Å². The third-order valence-corrected chi connectivity index (χ3v) is 4.47. The van der Waals surface area contributed by atoms with Crippen LogP contribution in [0, 0.1) is 6.92 Å². The van der Waals surface area contributed by atoms with Crippen molar-refractivity contribution in [2.75, 3.05) is 18.1 Å². The van der Waals surface area contributed by atoms with E-state index < -0.39 is 0 Å². The van der Waals surface area contributed by atoms with Crippen molar-refractivity contribution in [3.63, 3.8) is 0 Å². The second-order valence-corrected chi connectivity index (χ2v) is 6.17. The van der Waals surface area contributed by atoms with E-state index in [1.165, 1.54) is 0 Å². The molecule has 0 aliphatic carbocycles. The summed E-state index contributed by atoms with van der Waals surface area (Å²) in [5, 5.41) is 8.40. The SMILES string of the molecule is Cc1ncc(-c2noc(C3CSCCN3)n2)s1. The summed E-state index contributed by atoms with van der Waals surface area (Å²) in [6.45, 7) is 2.96. The Kier molecular flexibility index (Phi) is 3.13. The molecule has 2 aromatic heterocycles. The molecular formula is C10H12N4OS2. The van der Waals surface area contributed by atoms with Crippen LogP contribution >= 0.6 is 23.1 Å². The number of hydrogen-bond donors (Lipinski definition) is 1. The van der Waals surface area contributed by atoms with E-state index in [1.807, 2.05) is 18.7 Å². The molecule has 1 saturated heterocycles. The molecule has 0 bridgehead atoms. The van der Waals surface area contributed by atoms with E-state index in [2.05, 4.69) is 20.4 Å². The van der Waals surface area contributed by atoms with E-state index in [0.29, 0.717) is 11.7 Å². The van der Waals surface area contributed by atoms with Gasteiger partial charge in [-0.1, -0.05) is 5.16 Å². The van der Waals surface area contributed by atoms with Crippen molar-refractivity contribution >= 4 is 23.1 Å². The monoisotopic (exact) mass is 268 g/mol. The molecule has 5 nitrogen and oxygen atoms in total. The molecule has 1 aliphatic heterocycles. The Labute approximate surface area is 107 Å². The molecule has 1 aliphatic rings. The molecule has 0 saturated carbocycles. The Balaban J connectivity index is 1.82. The minimum absolute atomic E-state index is 0.184. The van der Waals surface area contributed by atoms with Crippen LogP contribution in [0.25, 0.3) is 10.7 Å². The lowest BCUT2D eigenvalue weighted by Crippen LogP contribution is -2.30. The topological polar surface area (TPSA) is 63.8 Å². The largest absolute Gasteiger partial charge is 0.337 e. The molecule has 3 rings (SSSR count). The second kappa shape index (κ2) is 4.75. The van der Waals surface area contributed by atoms with E-state index >= 15 is 0 Å². The third-order valence-electron chi connectivity index (χ3n) is 2.50. The molecule has 90 valence electrons. The lowest BCUT2D eigenvalue weighted by atomic mass is 10.3. The van der Waals surface area contributed by atoms with Crippen molar-refractivity contribution in [3.05, 3.63) is 17.1 Å². The Morgan fingerprint density at radius 1 is 1.53 bits per heavy atom. The van der Waals surface area contributed by atoms with Crippen molar-refractivity contribution in [2.45, 2.75) is 13.0 Å². The number of aromatic nitrogens is 3. The zero-order valence-corrected chi connectivity index (χ0v) is 11.0. The van der Waals surface area contributed by atoms with Crippen molar-refractivity contribution < 1.29 is 4.52 Å². The molecule has 1 atom stereocenters. The number of nitrogens with zero attached hydrogens (tertiary/aromatic N) is 3. The van der Waals surface area contributed by atoms with Crippen LogP contribution in [0.15, 0.2) is 10.7 Å². The molecule has 3 heterocycles. The van der Waals surface area contributed by atoms with Gasteiger partial charge in [0.15, 0.2) is 0 Å². The molecule has 1 unspecified atom stereocenters. The average Bonchev–Trinajstić information content (AvgIpc) is 2.98. The highest BCUT2D eigenvalue weighted by Crippen LogP contribution is 2.26. The highest BCUT2D eigenvalue weighted by atomic mass is 32.2. The van der Waals surface area contributed by atoms with Gasteiger partial charge in [0.05, 0.1) is 15.9 Å². The minimum Gasteiger partial charge on any atom is -0.337 e. The van der Waals surface area contributed by atoms with Crippen LogP contribution in [0.5, 0.6) is 0 Å². The molecule has 17 heavy (non-hydrogen) atoms. The average molecular weight is 268 g/mol. The summed E-state index contributed by atoms with van der Waals surface area (Å²) in [5.74, 6) is 3.45. The van der Waals surface area contributed by atoms with Crippen LogP contribution in [0.2, 0.25) is 0 Å². The summed E-state index contributed by atoms with van der Waals surface area (Å²) in [7, 11) is 0. The van der Waals surface area contributed by atoms with Crippen molar-refractivity contribution in [1.82, 2.24) is 20.4 Å². The van der Waals surface area contributed by atoms with Gasteiger partial charge in [0.2, 0.25) is 11.7 Å². The van der Waals surface area contributed by atoms with Gasteiger partial charge in [0.25, 0.3) is 0 Å². The maximum Gasteiger partial charge on any atom is 0.244 e. The fourth-order valence-corrected chi connectivity index (χ4v) is 3.29. The van der Waals surface area contributed by atoms with Crippen LogP contribution in [-0.2, 0) is 0 Å². The molecule has 0 amide bonds. The van der Waals surface area contributed by atoms with E-state index in [1.54, 1.807) is 17.5 Å². The van der Waals surface area contributed by atoms with E-state index in [9.17, 15) is 0 Å². The Morgan fingerprint density at radius 3 is 3.18 bits per heavy atom. The zero-order chi connectivity index (χ0) is 11.7. The van der Waals surface area contributed by atoms with Gasteiger partial charge in [-0.15, -0.1) is 11.3 Å². The van der Waals surface area contributed by atoms with Gasteiger partial charge in [-0.3, -0.25) is 0 Å². The Bertz CT molecular complexity index is 504. The quantitative estimate of drug-likeness (QED) is 0.897. The summed E-state index contributed by atoms with van der Waals surface area (Å²) in [6.07, 6.45) is 1.79. The molecule has 1 N–H and O–H groups in total. The fourth-order valence-electron chi connectivity index (χ4n) is 1.67. The summed E-state index contributed by atoms with van der Waals surface area (Å²) in [4.78, 5) is 9.59. The summed E-state index contributed by atoms with van der Waals surface area (Å²) in [5.41, 5.74) is 0. The predicted molar refractivity (Wildman–Crippen MR) is 68.2 cm³/mol.